The van der Waals surface area contributed by atoms with Crippen LogP contribution in [0, 0.1) is 0 Å². The highest BCUT2D eigenvalue weighted by molar-refractivity contribution is 5.68. The molecule has 0 bridgehead atoms. The number of rotatable bonds is 4. The molecule has 3 nitrogen and oxygen atoms in total. The number of hydrogen-bond acceptors (Lipinski definition) is 2. The van der Waals surface area contributed by atoms with Gasteiger partial charge in [-0.05, 0) is 38.8 Å². The predicted octanol–water partition coefficient (Wildman–Crippen LogP) is 3.70. The van der Waals surface area contributed by atoms with E-state index in [1.807, 2.05) is 45.0 Å². The SMILES string of the molecule is C=C(C)c1ccc(C(C)(C)NC(=O)OCC)cc1. The molecule has 0 heterocycles. The standard InChI is InChI=1S/C15H21NO2/c1-6-18-14(17)16-15(4,5)13-9-7-12(8-10-13)11(2)3/h7-10H,2,6H2,1,3-5H3,(H,16,17). The van der Waals surface area contributed by atoms with E-state index in [0.717, 1.165) is 16.7 Å². The Morgan fingerprint density at radius 2 is 1.89 bits per heavy atom. The lowest BCUT2D eigenvalue weighted by Gasteiger charge is -2.26. The Hall–Kier alpha value is -1.77. The Morgan fingerprint density at radius 3 is 2.33 bits per heavy atom. The molecule has 0 saturated heterocycles. The van der Waals surface area contributed by atoms with E-state index < -0.39 is 11.6 Å². The van der Waals surface area contributed by atoms with Crippen molar-refractivity contribution in [1.82, 2.24) is 5.32 Å². The quantitative estimate of drug-likeness (QED) is 0.881. The van der Waals surface area contributed by atoms with Crippen molar-refractivity contribution in [3.8, 4) is 0 Å². The van der Waals surface area contributed by atoms with Crippen molar-refractivity contribution in [2.45, 2.75) is 33.2 Å². The van der Waals surface area contributed by atoms with Gasteiger partial charge in [-0.15, -0.1) is 0 Å². The molecule has 1 aromatic carbocycles. The van der Waals surface area contributed by atoms with Crippen molar-refractivity contribution in [3.05, 3.63) is 42.0 Å². The average Bonchev–Trinajstić information content (AvgIpc) is 2.28. The van der Waals surface area contributed by atoms with E-state index in [1.54, 1.807) is 6.92 Å². The lowest BCUT2D eigenvalue weighted by Crippen LogP contribution is -2.41. The highest BCUT2D eigenvalue weighted by atomic mass is 16.5. The molecule has 0 aromatic heterocycles. The molecule has 3 heteroatoms. The molecular formula is C15H21NO2. The number of allylic oxidation sites excluding steroid dienone is 1. The Balaban J connectivity index is 2.84. The smallest absolute Gasteiger partial charge is 0.407 e. The van der Waals surface area contributed by atoms with Gasteiger partial charge in [0.05, 0.1) is 12.1 Å². The zero-order valence-electron chi connectivity index (χ0n) is 11.5. The van der Waals surface area contributed by atoms with Gasteiger partial charge < -0.3 is 10.1 Å². The number of amides is 1. The van der Waals surface area contributed by atoms with Gasteiger partial charge in [0.1, 0.15) is 0 Å². The number of carbonyl (C=O) groups is 1. The van der Waals surface area contributed by atoms with Gasteiger partial charge in [0, 0.05) is 0 Å². The second-order valence-corrected chi connectivity index (χ2v) is 4.83. The molecule has 1 aromatic rings. The Kier molecular flexibility index (Phi) is 4.54. The summed E-state index contributed by atoms with van der Waals surface area (Å²) in [6, 6.07) is 8.00. The summed E-state index contributed by atoms with van der Waals surface area (Å²) in [4.78, 5) is 11.5. The fraction of sp³-hybridized carbons (Fsp3) is 0.400. The predicted molar refractivity (Wildman–Crippen MR) is 74.3 cm³/mol. The molecule has 0 aliphatic heterocycles. The van der Waals surface area contributed by atoms with Crippen molar-refractivity contribution in [1.29, 1.82) is 0 Å². The number of hydrogen-bond donors (Lipinski definition) is 1. The third-order valence-electron chi connectivity index (χ3n) is 2.79. The van der Waals surface area contributed by atoms with E-state index >= 15 is 0 Å². The molecule has 0 saturated carbocycles. The van der Waals surface area contributed by atoms with Crippen LogP contribution in [0.2, 0.25) is 0 Å². The van der Waals surface area contributed by atoms with E-state index in [1.165, 1.54) is 0 Å². The minimum atomic E-state index is -0.458. The number of nitrogens with one attached hydrogen (secondary N) is 1. The number of alkyl carbamates (subject to hydrolysis) is 1. The molecule has 1 N–H and O–H groups in total. The van der Waals surface area contributed by atoms with Gasteiger partial charge in [0.2, 0.25) is 0 Å². The summed E-state index contributed by atoms with van der Waals surface area (Å²) in [5.41, 5.74) is 2.70. The van der Waals surface area contributed by atoms with Crippen molar-refractivity contribution >= 4 is 11.7 Å². The van der Waals surface area contributed by atoms with Crippen LogP contribution in [0.3, 0.4) is 0 Å². The van der Waals surface area contributed by atoms with Crippen LogP contribution < -0.4 is 5.32 Å². The van der Waals surface area contributed by atoms with Crippen molar-refractivity contribution in [3.63, 3.8) is 0 Å². The normalized spacial score (nSPS) is 10.9. The second kappa shape index (κ2) is 5.71. The Morgan fingerprint density at radius 1 is 1.33 bits per heavy atom. The number of benzene rings is 1. The van der Waals surface area contributed by atoms with Crippen LogP contribution in [0.5, 0.6) is 0 Å². The van der Waals surface area contributed by atoms with E-state index in [2.05, 4.69) is 11.9 Å². The fourth-order valence-corrected chi connectivity index (χ4v) is 1.67. The summed E-state index contributed by atoms with van der Waals surface area (Å²) >= 11 is 0. The van der Waals surface area contributed by atoms with Crippen LogP contribution >= 0.6 is 0 Å². The van der Waals surface area contributed by atoms with Gasteiger partial charge in [0.25, 0.3) is 0 Å². The van der Waals surface area contributed by atoms with Gasteiger partial charge in [-0.3, -0.25) is 0 Å². The van der Waals surface area contributed by atoms with E-state index in [9.17, 15) is 4.79 Å². The summed E-state index contributed by atoms with van der Waals surface area (Å²) in [6.45, 7) is 11.9. The van der Waals surface area contributed by atoms with Crippen LogP contribution in [0.1, 0.15) is 38.8 Å². The second-order valence-electron chi connectivity index (χ2n) is 4.83. The molecule has 0 aliphatic rings. The third kappa shape index (κ3) is 3.62. The Bertz CT molecular complexity index is 432. The highest BCUT2D eigenvalue weighted by Crippen LogP contribution is 2.22. The monoisotopic (exact) mass is 247 g/mol. The maximum Gasteiger partial charge on any atom is 0.407 e. The molecule has 0 unspecified atom stereocenters. The molecule has 0 aliphatic carbocycles. The molecule has 1 rings (SSSR count). The lowest BCUT2D eigenvalue weighted by molar-refractivity contribution is 0.141. The minimum absolute atomic E-state index is 0.372. The summed E-state index contributed by atoms with van der Waals surface area (Å²) in [7, 11) is 0. The van der Waals surface area contributed by atoms with E-state index in [4.69, 9.17) is 4.74 Å². The van der Waals surface area contributed by atoms with Gasteiger partial charge in [0.15, 0.2) is 0 Å². The Labute approximate surface area is 109 Å². The highest BCUT2D eigenvalue weighted by Gasteiger charge is 2.23. The minimum Gasteiger partial charge on any atom is -0.450 e. The molecule has 0 radical (unpaired) electrons. The molecule has 18 heavy (non-hydrogen) atoms. The number of ether oxygens (including phenoxy) is 1. The van der Waals surface area contributed by atoms with E-state index in [0.29, 0.717) is 6.61 Å². The summed E-state index contributed by atoms with van der Waals surface area (Å²) < 4.78 is 4.90. The maximum absolute atomic E-state index is 11.5. The average molecular weight is 247 g/mol. The van der Waals surface area contributed by atoms with Crippen molar-refractivity contribution in [2.24, 2.45) is 0 Å². The van der Waals surface area contributed by atoms with Crippen LogP contribution in [-0.4, -0.2) is 12.7 Å². The van der Waals surface area contributed by atoms with E-state index in [-0.39, 0.29) is 0 Å². The third-order valence-corrected chi connectivity index (χ3v) is 2.79. The summed E-state index contributed by atoms with van der Waals surface area (Å²) in [5.74, 6) is 0. The van der Waals surface area contributed by atoms with Crippen LogP contribution in [0.25, 0.3) is 5.57 Å². The van der Waals surface area contributed by atoms with Gasteiger partial charge in [-0.1, -0.05) is 36.4 Å². The van der Waals surface area contributed by atoms with Gasteiger partial charge >= 0.3 is 6.09 Å². The molecule has 98 valence electrons. The number of carbonyl (C=O) groups excluding carboxylic acids is 1. The van der Waals surface area contributed by atoms with Crippen molar-refractivity contribution in [2.75, 3.05) is 6.61 Å². The molecule has 0 fully saturated rings. The molecule has 0 atom stereocenters. The first-order valence-electron chi connectivity index (χ1n) is 6.08. The fourth-order valence-electron chi connectivity index (χ4n) is 1.67. The van der Waals surface area contributed by atoms with Gasteiger partial charge in [-0.2, -0.15) is 0 Å². The first-order chi connectivity index (χ1) is 8.36. The van der Waals surface area contributed by atoms with Crippen LogP contribution in [-0.2, 0) is 10.3 Å². The first kappa shape index (κ1) is 14.3. The maximum atomic E-state index is 11.5. The zero-order valence-corrected chi connectivity index (χ0v) is 11.5. The van der Waals surface area contributed by atoms with Crippen molar-refractivity contribution < 1.29 is 9.53 Å². The largest absolute Gasteiger partial charge is 0.450 e. The summed E-state index contributed by atoms with van der Waals surface area (Å²) in [6.07, 6.45) is -0.397. The zero-order chi connectivity index (χ0) is 13.8. The first-order valence-corrected chi connectivity index (χ1v) is 6.08. The molecule has 1 amide bonds. The van der Waals surface area contributed by atoms with Crippen LogP contribution in [0.15, 0.2) is 30.8 Å². The lowest BCUT2D eigenvalue weighted by atomic mass is 9.93. The topological polar surface area (TPSA) is 38.3 Å². The molecule has 0 spiro atoms. The van der Waals surface area contributed by atoms with Gasteiger partial charge in [-0.25, -0.2) is 4.79 Å². The van der Waals surface area contributed by atoms with Crippen LogP contribution in [0.4, 0.5) is 4.79 Å². The summed E-state index contributed by atoms with van der Waals surface area (Å²) in [5, 5.41) is 2.84. The molecular weight excluding hydrogens is 226 g/mol.